The van der Waals surface area contributed by atoms with Crippen molar-refractivity contribution < 1.29 is 22.7 Å². The van der Waals surface area contributed by atoms with Gasteiger partial charge in [-0.2, -0.15) is 0 Å². The van der Waals surface area contributed by atoms with Gasteiger partial charge in [-0.25, -0.2) is 0 Å². The number of benzene rings is 1. The molecule has 2 nitrogen and oxygen atoms in total. The summed E-state index contributed by atoms with van der Waals surface area (Å²) in [5.74, 6) is 0.524. The minimum absolute atomic E-state index is 0.00125. The summed E-state index contributed by atoms with van der Waals surface area (Å²) < 4.78 is 39.6. The fourth-order valence-corrected chi connectivity index (χ4v) is 2.05. The average molecular weight is 320 g/mol. The molecular formula is C15H19F3O2S. The summed E-state index contributed by atoms with van der Waals surface area (Å²) in [4.78, 5) is 11.5. The third-order valence-electron chi connectivity index (χ3n) is 1.96. The Balaban J connectivity index is 0.00000191. The van der Waals surface area contributed by atoms with E-state index in [1.807, 2.05) is 13.8 Å². The third-order valence-corrected chi connectivity index (χ3v) is 3.01. The summed E-state index contributed by atoms with van der Waals surface area (Å²) in [5.41, 5.74) is 0. The number of allylic oxidation sites excluding steroid dienone is 2. The summed E-state index contributed by atoms with van der Waals surface area (Å²) >= 11 is 1.50. The van der Waals surface area contributed by atoms with Gasteiger partial charge < -0.3 is 4.74 Å². The van der Waals surface area contributed by atoms with Crippen LogP contribution >= 0.6 is 11.8 Å². The molecule has 0 aliphatic rings. The quantitative estimate of drug-likeness (QED) is 0.407. The number of thioether (sulfide) groups is 1. The lowest BCUT2D eigenvalue weighted by Crippen LogP contribution is -2.16. The maximum Gasteiger partial charge on any atom is 0.573 e. The van der Waals surface area contributed by atoms with Crippen LogP contribution in [0.4, 0.5) is 13.2 Å². The maximum atomic E-state index is 11.9. The van der Waals surface area contributed by atoms with Crippen molar-refractivity contribution in [3.8, 4) is 5.75 Å². The van der Waals surface area contributed by atoms with Crippen LogP contribution in [-0.2, 0) is 4.79 Å². The second kappa shape index (κ2) is 10.3. The second-order valence-corrected chi connectivity index (χ2v) is 4.84. The van der Waals surface area contributed by atoms with Crippen molar-refractivity contribution in [2.24, 2.45) is 0 Å². The molecule has 0 spiro atoms. The molecule has 21 heavy (non-hydrogen) atoms. The van der Waals surface area contributed by atoms with E-state index in [4.69, 9.17) is 0 Å². The SMILES string of the molecule is CC.CC(=O)/C=C/CCSc1ccc(OC(F)(F)F)cc1. The van der Waals surface area contributed by atoms with Crippen molar-refractivity contribution in [2.75, 3.05) is 5.75 Å². The van der Waals surface area contributed by atoms with Gasteiger partial charge >= 0.3 is 6.36 Å². The monoisotopic (exact) mass is 320 g/mol. The fourth-order valence-electron chi connectivity index (χ4n) is 1.23. The minimum Gasteiger partial charge on any atom is -0.406 e. The van der Waals surface area contributed by atoms with Crippen LogP contribution < -0.4 is 4.74 Å². The highest BCUT2D eigenvalue weighted by molar-refractivity contribution is 7.99. The first-order valence-electron chi connectivity index (χ1n) is 6.52. The Kier molecular flexibility index (Phi) is 9.62. The van der Waals surface area contributed by atoms with E-state index in [1.165, 1.54) is 36.9 Å². The van der Waals surface area contributed by atoms with Crippen LogP contribution in [-0.4, -0.2) is 17.9 Å². The van der Waals surface area contributed by atoms with Crippen LogP contribution in [0.15, 0.2) is 41.3 Å². The molecule has 1 aromatic rings. The molecule has 0 amide bonds. The lowest BCUT2D eigenvalue weighted by molar-refractivity contribution is -0.274. The van der Waals surface area contributed by atoms with Gasteiger partial charge in [0.25, 0.3) is 0 Å². The number of carbonyl (C=O) groups is 1. The molecule has 0 bridgehead atoms. The van der Waals surface area contributed by atoms with Crippen molar-refractivity contribution in [2.45, 2.75) is 38.4 Å². The maximum absolute atomic E-state index is 11.9. The molecule has 0 N–H and O–H groups in total. The largest absolute Gasteiger partial charge is 0.573 e. The van der Waals surface area contributed by atoms with Crippen molar-refractivity contribution >= 4 is 17.5 Å². The topological polar surface area (TPSA) is 26.3 Å². The van der Waals surface area contributed by atoms with E-state index < -0.39 is 6.36 Å². The van der Waals surface area contributed by atoms with Gasteiger partial charge in [0.2, 0.25) is 0 Å². The molecule has 1 aromatic carbocycles. The highest BCUT2D eigenvalue weighted by atomic mass is 32.2. The molecule has 0 radical (unpaired) electrons. The van der Waals surface area contributed by atoms with Crippen LogP contribution in [0.2, 0.25) is 0 Å². The molecule has 0 saturated carbocycles. The molecule has 6 heteroatoms. The van der Waals surface area contributed by atoms with E-state index in [9.17, 15) is 18.0 Å². The number of carbonyl (C=O) groups excluding carboxylic acids is 1. The van der Waals surface area contributed by atoms with Gasteiger partial charge in [0.15, 0.2) is 5.78 Å². The van der Waals surface area contributed by atoms with Crippen LogP contribution in [0.25, 0.3) is 0 Å². The molecule has 0 atom stereocenters. The number of hydrogen-bond donors (Lipinski definition) is 0. The lowest BCUT2D eigenvalue weighted by atomic mass is 10.3. The predicted octanol–water partition coefficient (Wildman–Crippen LogP) is 5.24. The summed E-state index contributed by atoms with van der Waals surface area (Å²) in [6.07, 6.45) is -0.658. The minimum atomic E-state index is -4.66. The molecular weight excluding hydrogens is 301 g/mol. The van der Waals surface area contributed by atoms with Gasteiger partial charge in [-0.1, -0.05) is 19.9 Å². The summed E-state index contributed by atoms with van der Waals surface area (Å²) in [5, 5.41) is 0. The van der Waals surface area contributed by atoms with E-state index in [0.29, 0.717) is 0 Å². The highest BCUT2D eigenvalue weighted by Gasteiger charge is 2.30. The molecule has 0 aliphatic heterocycles. The first kappa shape index (κ1) is 19.6. The standard InChI is InChI=1S/C13H13F3O2S.C2H6/c1-10(17)4-2-3-9-19-12-7-5-11(6-8-12)18-13(14,15)16;1-2/h2,4-8H,3,9H2,1H3;1-2H3/b4-2+;. The Morgan fingerprint density at radius 3 is 2.29 bits per heavy atom. The summed E-state index contributed by atoms with van der Waals surface area (Å²) in [7, 11) is 0. The van der Waals surface area contributed by atoms with Crippen molar-refractivity contribution in [1.82, 2.24) is 0 Å². The molecule has 118 valence electrons. The zero-order valence-corrected chi connectivity index (χ0v) is 13.1. The summed E-state index contributed by atoms with van der Waals surface area (Å²) in [6.45, 7) is 5.48. The lowest BCUT2D eigenvalue weighted by Gasteiger charge is -2.08. The van der Waals surface area contributed by atoms with Gasteiger partial charge in [0.05, 0.1) is 0 Å². The normalized spacial score (nSPS) is 11.0. The number of hydrogen-bond acceptors (Lipinski definition) is 3. The van der Waals surface area contributed by atoms with E-state index in [1.54, 1.807) is 18.2 Å². The zero-order valence-electron chi connectivity index (χ0n) is 12.2. The first-order valence-corrected chi connectivity index (χ1v) is 7.51. The van der Waals surface area contributed by atoms with Gasteiger partial charge in [0, 0.05) is 10.6 Å². The Morgan fingerprint density at radius 2 is 1.81 bits per heavy atom. The first-order chi connectivity index (χ1) is 9.87. The molecule has 0 heterocycles. The molecule has 0 saturated heterocycles. The molecule has 0 aromatic heterocycles. The van der Waals surface area contributed by atoms with Crippen molar-refractivity contribution in [3.05, 3.63) is 36.4 Å². The number of ether oxygens (including phenoxy) is 1. The Bertz CT molecular complexity index is 439. The third kappa shape index (κ3) is 11.0. The Morgan fingerprint density at radius 1 is 1.24 bits per heavy atom. The number of rotatable bonds is 6. The van der Waals surface area contributed by atoms with Gasteiger partial charge in [-0.05, 0) is 43.7 Å². The van der Waals surface area contributed by atoms with Crippen LogP contribution in [0.1, 0.15) is 27.2 Å². The number of ketones is 1. The molecule has 0 unspecified atom stereocenters. The Hall–Kier alpha value is -1.43. The second-order valence-electron chi connectivity index (χ2n) is 3.67. The van der Waals surface area contributed by atoms with E-state index in [0.717, 1.165) is 17.1 Å². The van der Waals surface area contributed by atoms with E-state index >= 15 is 0 Å². The van der Waals surface area contributed by atoms with Crippen molar-refractivity contribution in [3.63, 3.8) is 0 Å². The van der Waals surface area contributed by atoms with Crippen LogP contribution in [0.3, 0.4) is 0 Å². The van der Waals surface area contributed by atoms with Crippen molar-refractivity contribution in [1.29, 1.82) is 0 Å². The predicted molar refractivity (Wildman–Crippen MR) is 79.6 cm³/mol. The highest BCUT2D eigenvalue weighted by Crippen LogP contribution is 2.26. The van der Waals surface area contributed by atoms with E-state index in [-0.39, 0.29) is 11.5 Å². The molecule has 1 rings (SSSR count). The van der Waals surface area contributed by atoms with Gasteiger partial charge in [0.1, 0.15) is 5.75 Å². The summed E-state index contributed by atoms with van der Waals surface area (Å²) in [6, 6.07) is 5.70. The fraction of sp³-hybridized carbons (Fsp3) is 0.400. The van der Waals surface area contributed by atoms with Gasteiger partial charge in [-0.3, -0.25) is 4.79 Å². The number of halogens is 3. The molecule has 0 fully saturated rings. The number of alkyl halides is 3. The van der Waals surface area contributed by atoms with E-state index in [2.05, 4.69) is 4.74 Å². The smallest absolute Gasteiger partial charge is 0.406 e. The van der Waals surface area contributed by atoms with Crippen LogP contribution in [0, 0.1) is 0 Å². The van der Waals surface area contributed by atoms with Crippen LogP contribution in [0.5, 0.6) is 5.75 Å². The van der Waals surface area contributed by atoms with Gasteiger partial charge in [-0.15, -0.1) is 24.9 Å². The average Bonchev–Trinajstić information content (AvgIpc) is 2.40. The molecule has 0 aliphatic carbocycles. The zero-order chi connectivity index (χ0) is 16.3. The Labute approximate surface area is 127 Å².